The van der Waals surface area contributed by atoms with E-state index >= 15 is 0 Å². The van der Waals surface area contributed by atoms with Crippen molar-refractivity contribution in [1.82, 2.24) is 0 Å². The van der Waals surface area contributed by atoms with E-state index in [4.69, 9.17) is 0 Å². The monoisotopic (exact) mass is 434 g/mol. The van der Waals surface area contributed by atoms with Crippen molar-refractivity contribution in [3.8, 4) is 0 Å². The number of nitrogens with zero attached hydrogens (tertiary/aromatic N) is 1. The Morgan fingerprint density at radius 2 is 1.70 bits per heavy atom. The number of hydrogen-bond acceptors (Lipinski definition) is 3. The second-order valence-electron chi connectivity index (χ2n) is 6.97. The lowest BCUT2D eigenvalue weighted by Gasteiger charge is -2.16. The van der Waals surface area contributed by atoms with E-state index in [1.54, 1.807) is 35.2 Å². The molecule has 30 heavy (non-hydrogen) atoms. The zero-order valence-corrected chi connectivity index (χ0v) is 16.6. The number of carbonyl (C=O) groups is 1. The van der Waals surface area contributed by atoms with Crippen LogP contribution >= 0.6 is 0 Å². The summed E-state index contributed by atoms with van der Waals surface area (Å²) in [4.78, 5) is 14.2. The van der Waals surface area contributed by atoms with Crippen molar-refractivity contribution in [1.29, 1.82) is 0 Å². The van der Waals surface area contributed by atoms with Crippen molar-refractivity contribution in [3.63, 3.8) is 0 Å². The first-order valence-corrected chi connectivity index (χ1v) is 10.8. The molecule has 0 unspecified atom stereocenters. The Morgan fingerprint density at radius 1 is 1.00 bits per heavy atom. The van der Waals surface area contributed by atoms with Crippen LogP contribution in [0.5, 0.6) is 0 Å². The fourth-order valence-corrected chi connectivity index (χ4v) is 4.88. The fourth-order valence-electron chi connectivity index (χ4n) is 3.66. The normalized spacial score (nSPS) is 13.9. The Bertz CT molecular complexity index is 1250. The van der Waals surface area contributed by atoms with Gasteiger partial charge in [0.05, 0.1) is 22.7 Å². The Hall–Kier alpha value is -3.07. The highest BCUT2D eigenvalue weighted by Crippen LogP contribution is 2.40. The molecule has 4 rings (SSSR count). The zero-order chi connectivity index (χ0) is 21.7. The smallest absolute Gasteiger partial charge is 0.308 e. The Morgan fingerprint density at radius 3 is 2.33 bits per heavy atom. The molecular weight excluding hydrogens is 417 g/mol. The van der Waals surface area contributed by atoms with Gasteiger partial charge in [-0.25, -0.2) is 8.42 Å². The first-order chi connectivity index (χ1) is 14.1. The standard InChI is InChI=1S/C21H17F3N2O3S/c1-2-26-18-11-10-17(15-4-3-5-16(19(15)18)20(26)27)25-30(28,29)12-13-6-8-14(9-7-13)21(22,23)24/h3-11,25H,2,12H2,1H3. The zero-order valence-electron chi connectivity index (χ0n) is 15.8. The minimum atomic E-state index is -4.48. The molecule has 5 nitrogen and oxygen atoms in total. The van der Waals surface area contributed by atoms with Gasteiger partial charge in [0.25, 0.3) is 5.91 Å². The number of benzene rings is 3. The molecule has 0 radical (unpaired) electrons. The van der Waals surface area contributed by atoms with Crippen molar-refractivity contribution in [2.75, 3.05) is 16.2 Å². The molecule has 156 valence electrons. The molecule has 0 atom stereocenters. The van der Waals surface area contributed by atoms with Crippen LogP contribution in [-0.4, -0.2) is 20.9 Å². The fraction of sp³-hybridized carbons (Fsp3) is 0.190. The predicted octanol–water partition coefficient (Wildman–Crippen LogP) is 4.78. The third-order valence-corrected chi connectivity index (χ3v) is 6.25. The van der Waals surface area contributed by atoms with E-state index in [0.717, 1.165) is 30.0 Å². The van der Waals surface area contributed by atoms with Gasteiger partial charge in [-0.1, -0.05) is 24.3 Å². The molecule has 9 heteroatoms. The molecule has 0 aromatic heterocycles. The lowest BCUT2D eigenvalue weighted by molar-refractivity contribution is -0.137. The minimum absolute atomic E-state index is 0.136. The number of carbonyl (C=O) groups excluding carboxylic acids is 1. The maximum Gasteiger partial charge on any atom is 0.416 e. The van der Waals surface area contributed by atoms with E-state index in [1.165, 1.54) is 0 Å². The lowest BCUT2D eigenvalue weighted by Crippen LogP contribution is -2.25. The maximum absolute atomic E-state index is 12.7. The highest BCUT2D eigenvalue weighted by atomic mass is 32.2. The van der Waals surface area contributed by atoms with Crippen LogP contribution in [0.15, 0.2) is 54.6 Å². The molecule has 1 amide bonds. The Labute approximate surface area is 171 Å². The summed E-state index contributed by atoms with van der Waals surface area (Å²) < 4.78 is 65.9. The second kappa shape index (κ2) is 7.02. The van der Waals surface area contributed by atoms with E-state index in [9.17, 15) is 26.4 Å². The summed E-state index contributed by atoms with van der Waals surface area (Å²) >= 11 is 0. The van der Waals surface area contributed by atoms with Crippen LogP contribution in [-0.2, 0) is 22.0 Å². The largest absolute Gasteiger partial charge is 0.416 e. The number of nitrogens with one attached hydrogen (secondary N) is 1. The first kappa shape index (κ1) is 20.2. The van der Waals surface area contributed by atoms with E-state index in [-0.39, 0.29) is 11.5 Å². The summed E-state index contributed by atoms with van der Waals surface area (Å²) in [6.45, 7) is 2.35. The molecule has 1 N–H and O–H groups in total. The number of alkyl halides is 3. The van der Waals surface area contributed by atoms with Gasteiger partial charge in [-0.2, -0.15) is 13.2 Å². The van der Waals surface area contributed by atoms with Crippen LogP contribution < -0.4 is 9.62 Å². The van der Waals surface area contributed by atoms with Crippen LogP contribution in [0.25, 0.3) is 10.8 Å². The number of rotatable bonds is 5. The van der Waals surface area contributed by atoms with Crippen molar-refractivity contribution in [2.24, 2.45) is 0 Å². The maximum atomic E-state index is 12.7. The molecule has 1 aliphatic heterocycles. The average molecular weight is 434 g/mol. The van der Waals surface area contributed by atoms with Crippen molar-refractivity contribution < 1.29 is 26.4 Å². The summed E-state index contributed by atoms with van der Waals surface area (Å²) in [6.07, 6.45) is -4.48. The van der Waals surface area contributed by atoms with Gasteiger partial charge in [0.1, 0.15) is 0 Å². The molecule has 1 heterocycles. The van der Waals surface area contributed by atoms with Crippen LogP contribution in [0.2, 0.25) is 0 Å². The highest BCUT2D eigenvalue weighted by Gasteiger charge is 2.31. The predicted molar refractivity (Wildman–Crippen MR) is 109 cm³/mol. The molecule has 3 aromatic rings. The molecule has 0 fully saturated rings. The molecule has 3 aromatic carbocycles. The number of amides is 1. The topological polar surface area (TPSA) is 66.5 Å². The van der Waals surface area contributed by atoms with Crippen LogP contribution in [0, 0.1) is 0 Å². The quantitative estimate of drug-likeness (QED) is 0.629. The molecule has 0 saturated heterocycles. The van der Waals surface area contributed by atoms with E-state index in [2.05, 4.69) is 4.72 Å². The van der Waals surface area contributed by atoms with E-state index in [1.807, 2.05) is 6.92 Å². The SMILES string of the molecule is CCN1C(=O)c2cccc3c(NS(=O)(=O)Cc4ccc(C(F)(F)F)cc4)ccc1c23. The van der Waals surface area contributed by atoms with Gasteiger partial charge in [0.15, 0.2) is 0 Å². The van der Waals surface area contributed by atoms with Gasteiger partial charge in [-0.3, -0.25) is 9.52 Å². The van der Waals surface area contributed by atoms with Crippen LogP contribution in [0.3, 0.4) is 0 Å². The third-order valence-electron chi connectivity index (χ3n) is 5.00. The number of hydrogen-bond donors (Lipinski definition) is 1. The lowest BCUT2D eigenvalue weighted by atomic mass is 10.0. The summed E-state index contributed by atoms with van der Waals surface area (Å²) in [5.41, 5.74) is 0.934. The third kappa shape index (κ3) is 3.49. The molecule has 0 saturated carbocycles. The molecule has 0 bridgehead atoms. The Kier molecular flexibility index (Phi) is 4.73. The first-order valence-electron chi connectivity index (χ1n) is 9.15. The number of sulfonamides is 1. The van der Waals surface area contributed by atoms with Gasteiger partial charge >= 0.3 is 6.18 Å². The molecular formula is C21H17F3N2O3S. The summed E-state index contributed by atoms with van der Waals surface area (Å²) in [5.74, 6) is -0.614. The van der Waals surface area contributed by atoms with E-state index < -0.39 is 27.5 Å². The van der Waals surface area contributed by atoms with Gasteiger partial charge in [-0.15, -0.1) is 0 Å². The van der Waals surface area contributed by atoms with Gasteiger partial charge in [-0.05, 0) is 42.8 Å². The summed E-state index contributed by atoms with van der Waals surface area (Å²) in [6, 6.07) is 12.4. The molecule has 0 aliphatic carbocycles. The average Bonchev–Trinajstić information content (AvgIpc) is 2.96. The number of anilines is 2. The van der Waals surface area contributed by atoms with E-state index in [0.29, 0.717) is 28.6 Å². The summed E-state index contributed by atoms with van der Waals surface area (Å²) in [7, 11) is -3.90. The number of halogens is 3. The molecule has 1 aliphatic rings. The van der Waals surface area contributed by atoms with Crippen molar-refractivity contribution in [3.05, 3.63) is 71.3 Å². The summed E-state index contributed by atoms with van der Waals surface area (Å²) in [5, 5.41) is 1.27. The highest BCUT2D eigenvalue weighted by molar-refractivity contribution is 7.91. The minimum Gasteiger partial charge on any atom is -0.308 e. The van der Waals surface area contributed by atoms with Crippen molar-refractivity contribution in [2.45, 2.75) is 18.9 Å². The van der Waals surface area contributed by atoms with Crippen LogP contribution in [0.4, 0.5) is 24.5 Å². The van der Waals surface area contributed by atoms with Gasteiger partial charge in [0, 0.05) is 22.9 Å². The van der Waals surface area contributed by atoms with Crippen LogP contribution in [0.1, 0.15) is 28.4 Å². The van der Waals surface area contributed by atoms with Gasteiger partial charge < -0.3 is 4.90 Å². The Balaban J connectivity index is 1.65. The molecule has 0 spiro atoms. The van der Waals surface area contributed by atoms with Gasteiger partial charge in [0.2, 0.25) is 10.0 Å². The second-order valence-corrected chi connectivity index (χ2v) is 8.69. The van der Waals surface area contributed by atoms with Crippen molar-refractivity contribution >= 4 is 38.1 Å².